The molecule has 3 aliphatic rings. The van der Waals surface area contributed by atoms with Gasteiger partial charge in [-0.15, -0.1) is 0 Å². The molecule has 0 radical (unpaired) electrons. The Labute approximate surface area is 221 Å². The second kappa shape index (κ2) is 10.7. The van der Waals surface area contributed by atoms with Gasteiger partial charge < -0.3 is 30.6 Å². The van der Waals surface area contributed by atoms with Gasteiger partial charge in [-0.2, -0.15) is 0 Å². The number of piperazine rings is 1. The summed E-state index contributed by atoms with van der Waals surface area (Å²) in [5.74, 6) is 0.113. The smallest absolute Gasteiger partial charge is 0.263 e. The highest BCUT2D eigenvalue weighted by atomic mass is 16.5. The molecule has 2 fully saturated rings. The number of aromatic nitrogens is 2. The molecule has 1 aromatic carbocycles. The van der Waals surface area contributed by atoms with Crippen molar-refractivity contribution in [1.29, 1.82) is 0 Å². The normalized spacial score (nSPS) is 17.8. The number of pyridine rings is 2. The molecule has 0 bridgehead atoms. The van der Waals surface area contributed by atoms with E-state index in [-0.39, 0.29) is 5.56 Å². The zero-order valence-electron chi connectivity index (χ0n) is 21.3. The van der Waals surface area contributed by atoms with Gasteiger partial charge in [0.1, 0.15) is 17.9 Å². The first-order valence-electron chi connectivity index (χ1n) is 13.4. The molecule has 0 unspecified atom stereocenters. The molecule has 38 heavy (non-hydrogen) atoms. The number of anilines is 5. The molecule has 4 N–H and O–H groups in total. The van der Waals surface area contributed by atoms with Crippen LogP contribution in [0.2, 0.25) is 0 Å². The number of aromatic amines is 1. The maximum absolute atomic E-state index is 13.2. The second-order valence-electron chi connectivity index (χ2n) is 10.0. The minimum Gasteiger partial charge on any atom is -0.487 e. The van der Waals surface area contributed by atoms with Gasteiger partial charge in [-0.3, -0.25) is 19.5 Å². The Kier molecular flexibility index (Phi) is 6.87. The number of hydrogen-bond acceptors (Lipinski definition) is 8. The Hall–Kier alpha value is -4.05. The minimum absolute atomic E-state index is 0.0130. The monoisotopic (exact) mass is 515 g/mol. The molecule has 1 amide bonds. The first kappa shape index (κ1) is 24.3. The van der Waals surface area contributed by atoms with Crippen molar-refractivity contribution in [3.05, 3.63) is 64.8 Å². The topological polar surface area (TPSA) is 115 Å². The molecule has 2 aromatic heterocycles. The Bertz CT molecular complexity index is 1340. The number of carbonyl (C=O) groups excluding carboxylic acids is 1. The standard InChI is InChI=1S/C28H33N7O3/c36-27-25(22(9-10-31-27)33-24-18-29-17-23-26(24)38-16-11-30-23)28(37)32-19-5-7-21(8-6-19)35-14-12-34(13-15-35)20-3-1-2-4-20/h5-10,17-18,20,30H,1-4,11-16H2,(H,32,37)(H2,31,33,36). The molecule has 4 heterocycles. The number of hydrogen-bond donors (Lipinski definition) is 4. The van der Waals surface area contributed by atoms with Crippen molar-refractivity contribution in [1.82, 2.24) is 14.9 Å². The average molecular weight is 516 g/mol. The summed E-state index contributed by atoms with van der Waals surface area (Å²) in [6, 6.07) is 10.3. The fourth-order valence-corrected chi connectivity index (χ4v) is 5.67. The SMILES string of the molecule is O=C(Nc1ccc(N2CCN(C3CCCC3)CC2)cc1)c1c(Nc2cncc3c2OCCN3)cc[nH]c1=O. The number of ether oxygens (including phenoxy) is 1. The van der Waals surface area contributed by atoms with Gasteiger partial charge in [-0.1, -0.05) is 12.8 Å². The number of nitrogens with one attached hydrogen (secondary N) is 4. The lowest BCUT2D eigenvalue weighted by atomic mass is 10.1. The molecule has 2 aliphatic heterocycles. The molecule has 10 nitrogen and oxygen atoms in total. The molecule has 10 heteroatoms. The molecular weight excluding hydrogens is 482 g/mol. The zero-order chi connectivity index (χ0) is 25.9. The number of H-pyrrole nitrogens is 1. The van der Waals surface area contributed by atoms with Gasteiger partial charge in [0, 0.05) is 56.3 Å². The zero-order valence-corrected chi connectivity index (χ0v) is 21.3. The van der Waals surface area contributed by atoms with Gasteiger partial charge in [-0.05, 0) is 43.2 Å². The number of amides is 1. The molecule has 198 valence electrons. The molecule has 1 saturated heterocycles. The second-order valence-corrected chi connectivity index (χ2v) is 10.0. The Balaban J connectivity index is 1.13. The van der Waals surface area contributed by atoms with Crippen molar-refractivity contribution >= 4 is 34.3 Å². The molecule has 6 rings (SSSR count). The van der Waals surface area contributed by atoms with E-state index < -0.39 is 11.5 Å². The van der Waals surface area contributed by atoms with E-state index in [2.05, 4.69) is 35.7 Å². The van der Waals surface area contributed by atoms with E-state index in [9.17, 15) is 9.59 Å². The number of benzene rings is 1. The van der Waals surface area contributed by atoms with E-state index in [1.165, 1.54) is 31.9 Å². The highest BCUT2D eigenvalue weighted by molar-refractivity contribution is 6.08. The molecule has 1 saturated carbocycles. The quantitative estimate of drug-likeness (QED) is 0.394. The Morgan fingerprint density at radius 3 is 2.58 bits per heavy atom. The lowest BCUT2D eigenvalue weighted by Crippen LogP contribution is -2.49. The number of rotatable bonds is 6. The van der Waals surface area contributed by atoms with Crippen LogP contribution in [0.4, 0.5) is 28.4 Å². The van der Waals surface area contributed by atoms with Crippen molar-refractivity contribution < 1.29 is 9.53 Å². The van der Waals surface area contributed by atoms with Crippen LogP contribution in [-0.2, 0) is 0 Å². The average Bonchev–Trinajstić information content (AvgIpc) is 3.49. The predicted molar refractivity (Wildman–Crippen MR) is 149 cm³/mol. The van der Waals surface area contributed by atoms with Crippen molar-refractivity contribution in [2.75, 3.05) is 60.2 Å². The van der Waals surface area contributed by atoms with Crippen LogP contribution in [0.15, 0.2) is 53.7 Å². The summed E-state index contributed by atoms with van der Waals surface area (Å²) in [6.07, 6.45) is 10.2. The van der Waals surface area contributed by atoms with Crippen LogP contribution in [0.3, 0.4) is 0 Å². The van der Waals surface area contributed by atoms with Crippen LogP contribution < -0.4 is 31.1 Å². The van der Waals surface area contributed by atoms with E-state index in [1.54, 1.807) is 18.5 Å². The van der Waals surface area contributed by atoms with Crippen molar-refractivity contribution in [2.45, 2.75) is 31.7 Å². The molecule has 3 aromatic rings. The van der Waals surface area contributed by atoms with E-state index in [0.717, 1.165) is 43.6 Å². The van der Waals surface area contributed by atoms with Gasteiger partial charge in [0.2, 0.25) is 0 Å². The summed E-state index contributed by atoms with van der Waals surface area (Å²) in [7, 11) is 0. The lowest BCUT2D eigenvalue weighted by molar-refractivity contribution is 0.102. The number of fused-ring (bicyclic) bond motifs is 1. The molecule has 1 aliphatic carbocycles. The van der Waals surface area contributed by atoms with Gasteiger partial charge in [0.05, 0.1) is 23.8 Å². The van der Waals surface area contributed by atoms with Gasteiger partial charge in [-0.25, -0.2) is 0 Å². The van der Waals surface area contributed by atoms with Crippen LogP contribution >= 0.6 is 0 Å². The van der Waals surface area contributed by atoms with Crippen LogP contribution in [-0.4, -0.2) is 66.1 Å². The summed E-state index contributed by atoms with van der Waals surface area (Å²) in [6.45, 7) is 5.41. The van der Waals surface area contributed by atoms with E-state index >= 15 is 0 Å². The summed E-state index contributed by atoms with van der Waals surface area (Å²) < 4.78 is 5.79. The van der Waals surface area contributed by atoms with E-state index in [1.807, 2.05) is 24.3 Å². The third-order valence-corrected chi connectivity index (χ3v) is 7.66. The highest BCUT2D eigenvalue weighted by Crippen LogP contribution is 2.36. The van der Waals surface area contributed by atoms with Crippen LogP contribution in [0, 0.1) is 0 Å². The predicted octanol–water partition coefficient (Wildman–Crippen LogP) is 3.63. The minimum atomic E-state index is -0.496. The fraction of sp³-hybridized carbons (Fsp3) is 0.393. The van der Waals surface area contributed by atoms with Gasteiger partial charge in [0.25, 0.3) is 11.5 Å². The lowest BCUT2D eigenvalue weighted by Gasteiger charge is -2.39. The summed E-state index contributed by atoms with van der Waals surface area (Å²) in [5.41, 5.74) is 2.98. The summed E-state index contributed by atoms with van der Waals surface area (Å²) >= 11 is 0. The third kappa shape index (κ3) is 5.04. The highest BCUT2D eigenvalue weighted by Gasteiger charge is 2.26. The third-order valence-electron chi connectivity index (χ3n) is 7.66. The first-order valence-corrected chi connectivity index (χ1v) is 13.4. The van der Waals surface area contributed by atoms with Crippen molar-refractivity contribution in [2.24, 2.45) is 0 Å². The van der Waals surface area contributed by atoms with Crippen molar-refractivity contribution in [3.63, 3.8) is 0 Å². The molecule has 0 spiro atoms. The van der Waals surface area contributed by atoms with Crippen LogP contribution in [0.25, 0.3) is 0 Å². The molecule has 0 atom stereocenters. The Morgan fingerprint density at radius 2 is 1.79 bits per heavy atom. The fourth-order valence-electron chi connectivity index (χ4n) is 5.67. The van der Waals surface area contributed by atoms with E-state index in [4.69, 9.17) is 4.74 Å². The van der Waals surface area contributed by atoms with Gasteiger partial charge >= 0.3 is 0 Å². The first-order chi connectivity index (χ1) is 18.7. The summed E-state index contributed by atoms with van der Waals surface area (Å²) in [5, 5.41) is 9.27. The van der Waals surface area contributed by atoms with Crippen molar-refractivity contribution in [3.8, 4) is 5.75 Å². The maximum atomic E-state index is 13.2. The van der Waals surface area contributed by atoms with Crippen LogP contribution in [0.1, 0.15) is 36.0 Å². The largest absolute Gasteiger partial charge is 0.487 e. The van der Waals surface area contributed by atoms with Crippen LogP contribution in [0.5, 0.6) is 5.75 Å². The number of nitrogens with zero attached hydrogens (tertiary/aromatic N) is 3. The maximum Gasteiger partial charge on any atom is 0.263 e. The molecular formula is C28H33N7O3. The Morgan fingerprint density at radius 1 is 1.00 bits per heavy atom. The van der Waals surface area contributed by atoms with Gasteiger partial charge in [0.15, 0.2) is 5.75 Å². The summed E-state index contributed by atoms with van der Waals surface area (Å²) in [4.78, 5) is 37.8. The number of carbonyl (C=O) groups is 1. The van der Waals surface area contributed by atoms with E-state index in [0.29, 0.717) is 36.0 Å².